The lowest BCUT2D eigenvalue weighted by Crippen LogP contribution is -2.55. The van der Waals surface area contributed by atoms with Crippen LogP contribution in [0.3, 0.4) is 0 Å². The van der Waals surface area contributed by atoms with Gasteiger partial charge in [0.05, 0.1) is 0 Å². The predicted octanol–water partition coefficient (Wildman–Crippen LogP) is 4.83. The summed E-state index contributed by atoms with van der Waals surface area (Å²) < 4.78 is 78.7. The first kappa shape index (κ1) is 28.5. The van der Waals surface area contributed by atoms with E-state index in [2.05, 4.69) is 4.98 Å². The summed E-state index contributed by atoms with van der Waals surface area (Å²) in [4.78, 5) is 19.8. The summed E-state index contributed by atoms with van der Waals surface area (Å²) in [5.74, 6) is -0.921. The Balaban J connectivity index is 1.42. The molecule has 1 aliphatic rings. The van der Waals surface area contributed by atoms with Crippen molar-refractivity contribution in [2.75, 3.05) is 19.6 Å². The van der Waals surface area contributed by atoms with Crippen LogP contribution in [0.25, 0.3) is 11.1 Å². The molecule has 2 heterocycles. The van der Waals surface area contributed by atoms with Crippen LogP contribution in [0.2, 0.25) is 0 Å². The molecule has 2 N–H and O–H groups in total. The van der Waals surface area contributed by atoms with Crippen molar-refractivity contribution >= 4 is 5.97 Å². The van der Waals surface area contributed by atoms with Crippen LogP contribution in [0.15, 0.2) is 73.1 Å². The van der Waals surface area contributed by atoms with Crippen molar-refractivity contribution < 1.29 is 41.4 Å². The summed E-state index contributed by atoms with van der Waals surface area (Å²) in [5.41, 5.74) is -3.54. The van der Waals surface area contributed by atoms with E-state index < -0.39 is 35.5 Å². The molecule has 0 bridgehead atoms. The zero-order valence-electron chi connectivity index (χ0n) is 20.5. The number of piperazine rings is 1. The number of rotatable bonds is 7. The largest absolute Gasteiger partial charge is 0.480 e. The van der Waals surface area contributed by atoms with Crippen molar-refractivity contribution in [2.45, 2.75) is 37.1 Å². The number of nitrogens with zero attached hydrogens (tertiary/aromatic N) is 3. The molecule has 2 aromatic carbocycles. The molecule has 0 spiro atoms. The fourth-order valence-electron chi connectivity index (χ4n) is 4.62. The predicted molar refractivity (Wildman–Crippen MR) is 129 cm³/mol. The molecule has 1 aromatic heterocycles. The van der Waals surface area contributed by atoms with Crippen LogP contribution in [-0.2, 0) is 23.5 Å². The molecule has 0 aliphatic carbocycles. The molecule has 0 amide bonds. The Kier molecular flexibility index (Phi) is 8.01. The lowest BCUT2D eigenvalue weighted by atomic mass is 9.90. The Morgan fingerprint density at radius 3 is 1.82 bits per heavy atom. The Morgan fingerprint density at radius 2 is 1.31 bits per heavy atom. The van der Waals surface area contributed by atoms with Gasteiger partial charge in [-0.3, -0.25) is 19.6 Å². The lowest BCUT2D eigenvalue weighted by Gasteiger charge is -2.39. The Labute approximate surface area is 220 Å². The topological polar surface area (TPSA) is 76.9 Å². The molecule has 3 aromatic rings. The standard InChI is InChI=1S/C27H25F6N3O3/c28-26(29,30)25(39,27(31,32)33)22-7-5-21(6-8-22)20-3-1-18(2-4-20)15-35-13-14-36(23(17-35)24(37)38)16-19-9-11-34-12-10-19/h1-12,23,39H,13-17H2,(H,37,38)/t23-/m0/s1. The molecule has 1 fully saturated rings. The number of carboxylic acids is 1. The van der Waals surface area contributed by atoms with Crippen molar-refractivity contribution in [3.05, 3.63) is 89.7 Å². The molecular weight excluding hydrogens is 528 g/mol. The summed E-state index contributed by atoms with van der Waals surface area (Å²) >= 11 is 0. The van der Waals surface area contributed by atoms with Crippen LogP contribution in [0, 0.1) is 0 Å². The monoisotopic (exact) mass is 553 g/mol. The van der Waals surface area contributed by atoms with Crippen LogP contribution >= 0.6 is 0 Å². The number of aliphatic carboxylic acids is 1. The number of pyridine rings is 1. The van der Waals surface area contributed by atoms with Crippen molar-refractivity contribution in [3.63, 3.8) is 0 Å². The molecule has 208 valence electrons. The van der Waals surface area contributed by atoms with Crippen LogP contribution in [0.4, 0.5) is 26.3 Å². The highest BCUT2D eigenvalue weighted by molar-refractivity contribution is 5.74. The average molecular weight is 554 g/mol. The maximum atomic E-state index is 13.1. The van der Waals surface area contributed by atoms with Crippen LogP contribution in [0.5, 0.6) is 0 Å². The highest BCUT2D eigenvalue weighted by Crippen LogP contribution is 2.50. The molecule has 12 heteroatoms. The van der Waals surface area contributed by atoms with Crippen LogP contribution in [-0.4, -0.2) is 69.0 Å². The van der Waals surface area contributed by atoms with Gasteiger partial charge >= 0.3 is 18.3 Å². The first-order valence-electron chi connectivity index (χ1n) is 11.9. The van der Waals surface area contributed by atoms with Gasteiger partial charge in [-0.25, -0.2) is 0 Å². The van der Waals surface area contributed by atoms with E-state index in [1.165, 1.54) is 0 Å². The summed E-state index contributed by atoms with van der Waals surface area (Å²) in [5, 5.41) is 19.3. The second kappa shape index (κ2) is 10.9. The number of hydrogen-bond donors (Lipinski definition) is 2. The molecule has 1 atom stereocenters. The van der Waals surface area contributed by atoms with E-state index in [-0.39, 0.29) is 0 Å². The first-order chi connectivity index (χ1) is 18.3. The Bertz CT molecular complexity index is 1250. The van der Waals surface area contributed by atoms with Gasteiger partial charge in [-0.15, -0.1) is 0 Å². The number of alkyl halides is 6. The van der Waals surface area contributed by atoms with Crippen molar-refractivity contribution in [2.24, 2.45) is 0 Å². The van der Waals surface area contributed by atoms with Gasteiger partial charge in [0, 0.05) is 50.7 Å². The summed E-state index contributed by atoms with van der Waals surface area (Å²) in [6, 6.07) is 13.3. The number of carboxylic acid groups (broad SMARTS) is 1. The molecule has 39 heavy (non-hydrogen) atoms. The minimum absolute atomic E-state index is 0.310. The molecular formula is C27H25F6N3O3. The highest BCUT2D eigenvalue weighted by atomic mass is 19.4. The van der Waals surface area contributed by atoms with Gasteiger partial charge in [-0.1, -0.05) is 48.5 Å². The SMILES string of the molecule is O=C(O)[C@@H]1CN(Cc2ccc(-c3ccc(C(O)(C(F)(F)F)C(F)(F)F)cc3)cc2)CCN1Cc1ccncc1. The van der Waals surface area contributed by atoms with Gasteiger partial charge in [-0.05, 0) is 34.4 Å². The molecule has 0 unspecified atom stereocenters. The number of hydrogen-bond acceptors (Lipinski definition) is 5. The van der Waals surface area contributed by atoms with E-state index in [0.29, 0.717) is 56.0 Å². The molecule has 0 radical (unpaired) electrons. The number of halogens is 6. The van der Waals surface area contributed by atoms with Crippen LogP contribution < -0.4 is 0 Å². The van der Waals surface area contributed by atoms with Crippen molar-refractivity contribution in [1.82, 2.24) is 14.8 Å². The fourth-order valence-corrected chi connectivity index (χ4v) is 4.62. The minimum Gasteiger partial charge on any atom is -0.480 e. The summed E-state index contributed by atoms with van der Waals surface area (Å²) in [6.45, 7) is 2.46. The van der Waals surface area contributed by atoms with E-state index >= 15 is 0 Å². The molecule has 0 saturated carbocycles. The van der Waals surface area contributed by atoms with Gasteiger partial charge in [0.2, 0.25) is 0 Å². The molecule has 4 rings (SSSR count). The maximum absolute atomic E-state index is 13.1. The first-order valence-corrected chi connectivity index (χ1v) is 11.9. The molecule has 6 nitrogen and oxygen atoms in total. The zero-order chi connectivity index (χ0) is 28.4. The lowest BCUT2D eigenvalue weighted by molar-refractivity contribution is -0.376. The second-order valence-corrected chi connectivity index (χ2v) is 9.40. The Morgan fingerprint density at radius 1 is 0.795 bits per heavy atom. The minimum atomic E-state index is -5.95. The third-order valence-electron chi connectivity index (χ3n) is 6.81. The van der Waals surface area contributed by atoms with E-state index in [1.54, 1.807) is 36.7 Å². The summed E-state index contributed by atoms with van der Waals surface area (Å²) in [6.07, 6.45) is -8.58. The molecule has 1 aliphatic heterocycles. The third-order valence-corrected chi connectivity index (χ3v) is 6.81. The van der Waals surface area contributed by atoms with E-state index in [4.69, 9.17) is 0 Å². The van der Waals surface area contributed by atoms with Gasteiger partial charge in [0.15, 0.2) is 0 Å². The van der Waals surface area contributed by atoms with E-state index in [1.807, 2.05) is 21.9 Å². The van der Waals surface area contributed by atoms with Gasteiger partial charge in [0.25, 0.3) is 5.60 Å². The van der Waals surface area contributed by atoms with Gasteiger partial charge < -0.3 is 10.2 Å². The number of benzene rings is 2. The number of aromatic nitrogens is 1. The van der Waals surface area contributed by atoms with Gasteiger partial charge in [0.1, 0.15) is 6.04 Å². The number of aliphatic hydroxyl groups is 1. The third kappa shape index (κ3) is 6.07. The molecule has 1 saturated heterocycles. The fraction of sp³-hybridized carbons (Fsp3) is 0.333. The quantitative estimate of drug-likeness (QED) is 0.409. The van der Waals surface area contributed by atoms with E-state index in [0.717, 1.165) is 23.3 Å². The van der Waals surface area contributed by atoms with Gasteiger partial charge in [-0.2, -0.15) is 26.3 Å². The smallest absolute Gasteiger partial charge is 0.430 e. The van der Waals surface area contributed by atoms with Crippen molar-refractivity contribution in [3.8, 4) is 11.1 Å². The zero-order valence-corrected chi connectivity index (χ0v) is 20.5. The summed E-state index contributed by atoms with van der Waals surface area (Å²) in [7, 11) is 0. The van der Waals surface area contributed by atoms with E-state index in [9.17, 15) is 41.4 Å². The average Bonchev–Trinajstić information content (AvgIpc) is 2.89. The van der Waals surface area contributed by atoms with Crippen molar-refractivity contribution in [1.29, 1.82) is 0 Å². The highest BCUT2D eigenvalue weighted by Gasteiger charge is 2.71. The second-order valence-electron chi connectivity index (χ2n) is 9.40. The Hall–Kier alpha value is -3.48. The number of carbonyl (C=O) groups is 1. The maximum Gasteiger partial charge on any atom is 0.430 e. The normalized spacial score (nSPS) is 17.8. The van der Waals surface area contributed by atoms with Crippen LogP contribution in [0.1, 0.15) is 16.7 Å².